The van der Waals surface area contributed by atoms with Crippen LogP contribution in [-0.2, 0) is 14.8 Å². The Morgan fingerprint density at radius 2 is 1.97 bits per heavy atom. The predicted octanol–water partition coefficient (Wildman–Crippen LogP) is 2.67. The zero-order valence-electron chi connectivity index (χ0n) is 19.1. The first-order valence-corrected chi connectivity index (χ1v) is 12.3. The van der Waals surface area contributed by atoms with Gasteiger partial charge in [0.25, 0.3) is 0 Å². The Balaban J connectivity index is 2.17. The number of benzene rings is 1. The highest BCUT2D eigenvalue weighted by atomic mass is 32.2. The van der Waals surface area contributed by atoms with Crippen molar-refractivity contribution in [3.63, 3.8) is 0 Å². The molecule has 0 aliphatic heterocycles. The molecule has 1 unspecified atom stereocenters. The lowest BCUT2D eigenvalue weighted by Crippen LogP contribution is -2.45. The number of hydrogen-bond acceptors (Lipinski definition) is 7. The minimum absolute atomic E-state index is 0.0321. The summed E-state index contributed by atoms with van der Waals surface area (Å²) in [4.78, 5) is 12.4. The molecule has 9 nitrogen and oxygen atoms in total. The van der Waals surface area contributed by atoms with Gasteiger partial charge in [-0.2, -0.15) is 9.57 Å². The van der Waals surface area contributed by atoms with Gasteiger partial charge in [0.05, 0.1) is 30.2 Å². The maximum Gasteiger partial charge on any atom is 0.357 e. The van der Waals surface area contributed by atoms with Crippen molar-refractivity contribution in [1.29, 1.82) is 5.26 Å². The molecule has 1 aromatic heterocycles. The molecule has 1 aromatic carbocycles. The van der Waals surface area contributed by atoms with Crippen LogP contribution >= 0.6 is 0 Å². The van der Waals surface area contributed by atoms with E-state index in [4.69, 9.17) is 10.5 Å². The summed E-state index contributed by atoms with van der Waals surface area (Å²) in [7, 11) is -2.89. The average Bonchev–Trinajstić information content (AvgIpc) is 3.13. The fraction of sp³-hybridized carbons (Fsp3) is 0.478. The lowest BCUT2D eigenvalue weighted by atomic mass is 9.87. The standard InChI is InChI=1S/C23H30N4O5S/c1-15-8-10-18(11-9-15)27(13-16(2)28)33(30,31)20-7-5-4-6-19(20)26-14-17(12-24)21(25)22(26)23(29)32-3/h4-7,14-16,18,28H,8-11,13,25H2,1-3H3. The number of carbonyl (C=O) groups excluding carboxylic acids is 1. The number of carbonyl (C=O) groups is 1. The minimum atomic E-state index is -4.07. The van der Waals surface area contributed by atoms with Gasteiger partial charge in [-0.3, -0.25) is 0 Å². The summed E-state index contributed by atoms with van der Waals surface area (Å²) < 4.78 is 35.4. The second-order valence-corrected chi connectivity index (χ2v) is 10.4. The molecule has 1 aliphatic carbocycles. The molecule has 0 spiro atoms. The first-order chi connectivity index (χ1) is 15.6. The van der Waals surface area contributed by atoms with Crippen LogP contribution in [0, 0.1) is 17.2 Å². The molecule has 0 amide bonds. The number of nitriles is 1. The monoisotopic (exact) mass is 474 g/mol. The molecule has 3 N–H and O–H groups in total. The first-order valence-electron chi connectivity index (χ1n) is 10.9. The molecule has 3 rings (SSSR count). The van der Waals surface area contributed by atoms with E-state index in [0.717, 1.165) is 12.8 Å². The van der Waals surface area contributed by atoms with E-state index in [1.165, 1.54) is 28.2 Å². The third-order valence-corrected chi connectivity index (χ3v) is 8.06. The van der Waals surface area contributed by atoms with Crippen LogP contribution in [0.5, 0.6) is 0 Å². The van der Waals surface area contributed by atoms with E-state index in [2.05, 4.69) is 6.92 Å². The molecule has 1 fully saturated rings. The van der Waals surface area contributed by atoms with Crippen LogP contribution in [0.15, 0.2) is 35.4 Å². The number of hydrogen-bond donors (Lipinski definition) is 2. The minimum Gasteiger partial charge on any atom is -0.464 e. The first kappa shape index (κ1) is 24.8. The molecule has 1 aliphatic rings. The molecular formula is C23H30N4O5S. The highest BCUT2D eigenvalue weighted by Gasteiger charge is 2.36. The molecule has 1 saturated carbocycles. The van der Waals surface area contributed by atoms with Gasteiger partial charge >= 0.3 is 5.97 Å². The Bertz CT molecular complexity index is 1160. The van der Waals surface area contributed by atoms with E-state index in [1.54, 1.807) is 25.1 Å². The number of rotatable bonds is 7. The van der Waals surface area contributed by atoms with Gasteiger partial charge in [-0.15, -0.1) is 0 Å². The van der Waals surface area contributed by atoms with E-state index in [-0.39, 0.29) is 40.1 Å². The number of esters is 1. The number of para-hydroxylation sites is 1. The molecule has 1 heterocycles. The van der Waals surface area contributed by atoms with Gasteiger partial charge in [0.2, 0.25) is 10.0 Å². The molecule has 33 heavy (non-hydrogen) atoms. The average molecular weight is 475 g/mol. The van der Waals surface area contributed by atoms with Crippen LogP contribution < -0.4 is 5.73 Å². The molecule has 0 radical (unpaired) electrons. The van der Waals surface area contributed by atoms with Crippen LogP contribution in [0.3, 0.4) is 0 Å². The quantitative estimate of drug-likeness (QED) is 0.588. The number of anilines is 1. The Labute approximate surface area is 194 Å². The van der Waals surface area contributed by atoms with Gasteiger partial charge in [-0.1, -0.05) is 19.1 Å². The van der Waals surface area contributed by atoms with Gasteiger partial charge in [0, 0.05) is 18.8 Å². The molecular weight excluding hydrogens is 444 g/mol. The number of nitrogen functional groups attached to an aromatic ring is 1. The maximum atomic E-state index is 13.9. The fourth-order valence-electron chi connectivity index (χ4n) is 4.34. The predicted molar refractivity (Wildman–Crippen MR) is 123 cm³/mol. The summed E-state index contributed by atoms with van der Waals surface area (Å²) in [6.07, 6.45) is 3.70. The number of ether oxygens (including phenoxy) is 1. The normalized spacial score (nSPS) is 19.8. The highest BCUT2D eigenvalue weighted by molar-refractivity contribution is 7.89. The van der Waals surface area contributed by atoms with Crippen molar-refractivity contribution in [3.8, 4) is 11.8 Å². The van der Waals surface area contributed by atoms with Crippen molar-refractivity contribution in [2.45, 2.75) is 56.6 Å². The van der Waals surface area contributed by atoms with Crippen molar-refractivity contribution in [2.75, 3.05) is 19.4 Å². The van der Waals surface area contributed by atoms with E-state index in [1.807, 2.05) is 6.07 Å². The van der Waals surface area contributed by atoms with Crippen LogP contribution in [0.25, 0.3) is 5.69 Å². The van der Waals surface area contributed by atoms with Crippen molar-refractivity contribution in [2.24, 2.45) is 5.92 Å². The van der Waals surface area contributed by atoms with Crippen LogP contribution in [0.4, 0.5) is 5.69 Å². The maximum absolute atomic E-state index is 13.9. The molecule has 0 saturated heterocycles. The lowest BCUT2D eigenvalue weighted by Gasteiger charge is -2.36. The second kappa shape index (κ2) is 9.95. The third kappa shape index (κ3) is 4.90. The summed E-state index contributed by atoms with van der Waals surface area (Å²) >= 11 is 0. The van der Waals surface area contributed by atoms with Crippen molar-refractivity contribution in [3.05, 3.63) is 41.7 Å². The summed E-state index contributed by atoms with van der Waals surface area (Å²) in [5, 5.41) is 19.5. The molecule has 1 atom stereocenters. The Hall–Kier alpha value is -2.87. The number of aliphatic hydroxyl groups is 1. The summed E-state index contributed by atoms with van der Waals surface area (Å²) in [6, 6.07) is 7.91. The summed E-state index contributed by atoms with van der Waals surface area (Å²) in [5.74, 6) is -0.261. The van der Waals surface area contributed by atoms with Gasteiger partial charge in [0.1, 0.15) is 11.0 Å². The Kier molecular flexibility index (Phi) is 7.47. The van der Waals surface area contributed by atoms with Crippen molar-refractivity contribution < 1.29 is 23.1 Å². The van der Waals surface area contributed by atoms with E-state index < -0.39 is 22.1 Å². The summed E-state index contributed by atoms with van der Waals surface area (Å²) in [5.41, 5.74) is 6.01. The fourth-order valence-corrected chi connectivity index (χ4v) is 6.29. The van der Waals surface area contributed by atoms with Gasteiger partial charge in [-0.05, 0) is 50.7 Å². The third-order valence-electron chi connectivity index (χ3n) is 6.09. The van der Waals surface area contributed by atoms with Gasteiger partial charge < -0.3 is 20.1 Å². The van der Waals surface area contributed by atoms with E-state index in [0.29, 0.717) is 18.8 Å². The number of aliphatic hydroxyl groups excluding tert-OH is 1. The van der Waals surface area contributed by atoms with Crippen LogP contribution in [0.2, 0.25) is 0 Å². The molecule has 0 bridgehead atoms. The molecule has 10 heteroatoms. The van der Waals surface area contributed by atoms with Crippen LogP contribution in [0.1, 0.15) is 55.6 Å². The van der Waals surface area contributed by atoms with Gasteiger partial charge in [-0.25, -0.2) is 13.2 Å². The zero-order chi connectivity index (χ0) is 24.3. The second-order valence-electron chi connectivity index (χ2n) is 8.58. The van der Waals surface area contributed by atoms with E-state index in [9.17, 15) is 23.6 Å². The van der Waals surface area contributed by atoms with Crippen molar-refractivity contribution in [1.82, 2.24) is 8.87 Å². The van der Waals surface area contributed by atoms with Crippen molar-refractivity contribution >= 4 is 21.7 Å². The summed E-state index contributed by atoms with van der Waals surface area (Å²) in [6.45, 7) is 3.66. The number of nitrogens with zero attached hydrogens (tertiary/aromatic N) is 3. The number of nitrogens with two attached hydrogens (primary N) is 1. The van der Waals surface area contributed by atoms with E-state index >= 15 is 0 Å². The smallest absolute Gasteiger partial charge is 0.357 e. The highest BCUT2D eigenvalue weighted by Crippen LogP contribution is 2.34. The SMILES string of the molecule is COC(=O)c1c(N)c(C#N)cn1-c1ccccc1S(=O)(=O)N(CC(C)O)C1CCC(C)CC1. The van der Waals surface area contributed by atoms with Crippen LogP contribution in [-0.4, -0.2) is 54.2 Å². The number of sulfonamides is 1. The largest absolute Gasteiger partial charge is 0.464 e. The number of aromatic nitrogens is 1. The Morgan fingerprint density at radius 3 is 2.55 bits per heavy atom. The lowest BCUT2D eigenvalue weighted by molar-refractivity contribution is 0.0593. The topological polar surface area (TPSA) is 139 Å². The number of methoxy groups -OCH3 is 1. The zero-order valence-corrected chi connectivity index (χ0v) is 19.9. The molecule has 178 valence electrons. The Morgan fingerprint density at radius 1 is 1.33 bits per heavy atom. The molecule has 2 aromatic rings. The van der Waals surface area contributed by atoms with Gasteiger partial charge in [0.15, 0.2) is 5.69 Å².